The fourth-order valence-corrected chi connectivity index (χ4v) is 3.61. The molecule has 0 aliphatic carbocycles. The monoisotopic (exact) mass is 441 g/mol. The lowest BCUT2D eigenvalue weighted by atomic mass is 10.2. The van der Waals surface area contributed by atoms with Crippen LogP contribution in [0.5, 0.6) is 0 Å². The second-order valence-electron chi connectivity index (χ2n) is 7.44. The molecular weight excluding hydrogens is 418 g/mol. The molecule has 9 nitrogen and oxygen atoms in total. The molecule has 1 amide bonds. The van der Waals surface area contributed by atoms with Crippen molar-refractivity contribution in [3.63, 3.8) is 0 Å². The van der Waals surface area contributed by atoms with Crippen molar-refractivity contribution < 1.29 is 9.53 Å². The van der Waals surface area contributed by atoms with E-state index < -0.39 is 6.09 Å². The summed E-state index contributed by atoms with van der Waals surface area (Å²) in [7, 11) is 0. The molecule has 0 saturated carbocycles. The fourth-order valence-electron chi connectivity index (χ4n) is 3.48. The Kier molecular flexibility index (Phi) is 5.77. The Hall–Kier alpha value is -3.20. The first-order chi connectivity index (χ1) is 14.9. The number of aryl methyl sites for hydroxylation is 2. The number of amides is 1. The number of carbonyl (C=O) groups is 1. The number of aromatic nitrogens is 5. The Morgan fingerprint density at radius 1 is 1.19 bits per heavy atom. The summed E-state index contributed by atoms with van der Waals surface area (Å²) in [6.07, 6.45) is 2.28. The van der Waals surface area contributed by atoms with E-state index in [0.29, 0.717) is 29.4 Å². The smallest absolute Gasteiger partial charge is 0.417 e. The summed E-state index contributed by atoms with van der Waals surface area (Å²) in [5.41, 5.74) is 1.81. The van der Waals surface area contributed by atoms with Crippen molar-refractivity contribution in [3.05, 3.63) is 52.8 Å². The Morgan fingerprint density at radius 2 is 1.94 bits per heavy atom. The van der Waals surface area contributed by atoms with Crippen LogP contribution in [0, 0.1) is 13.8 Å². The quantitative estimate of drug-likeness (QED) is 0.610. The molecule has 4 rings (SSSR count). The third-order valence-corrected chi connectivity index (χ3v) is 5.43. The number of anilines is 2. The lowest BCUT2D eigenvalue weighted by Gasteiger charge is -2.19. The van der Waals surface area contributed by atoms with E-state index in [1.54, 1.807) is 6.92 Å². The SMILES string of the molecule is CC[C@H]1COC(=O)N1c1nc(C)nc(N[C@@H](C)c2cn(-c3ccc(Cl)cc3)c(C)n2)n1. The highest BCUT2D eigenvalue weighted by molar-refractivity contribution is 6.30. The average molecular weight is 442 g/mol. The predicted octanol–water partition coefficient (Wildman–Crippen LogP) is 4.24. The van der Waals surface area contributed by atoms with Crippen molar-refractivity contribution in [1.29, 1.82) is 0 Å². The maximum atomic E-state index is 12.2. The Bertz CT molecular complexity index is 1100. The van der Waals surface area contributed by atoms with Gasteiger partial charge in [-0.1, -0.05) is 18.5 Å². The van der Waals surface area contributed by atoms with Gasteiger partial charge in [0.2, 0.25) is 11.9 Å². The second-order valence-corrected chi connectivity index (χ2v) is 7.88. The zero-order valence-corrected chi connectivity index (χ0v) is 18.6. The number of imidazole rings is 1. The molecule has 1 aliphatic heterocycles. The van der Waals surface area contributed by atoms with Gasteiger partial charge in [0.15, 0.2) is 0 Å². The van der Waals surface area contributed by atoms with Crippen molar-refractivity contribution in [3.8, 4) is 5.69 Å². The van der Waals surface area contributed by atoms with Crippen LogP contribution in [0.2, 0.25) is 5.02 Å². The highest BCUT2D eigenvalue weighted by Crippen LogP contribution is 2.24. The molecule has 2 aromatic heterocycles. The molecule has 0 spiro atoms. The molecule has 1 aliphatic rings. The number of halogens is 1. The molecule has 1 fully saturated rings. The number of nitrogens with zero attached hydrogens (tertiary/aromatic N) is 6. The summed E-state index contributed by atoms with van der Waals surface area (Å²) in [5.74, 6) is 2.03. The van der Waals surface area contributed by atoms with Crippen molar-refractivity contribution in [1.82, 2.24) is 24.5 Å². The maximum absolute atomic E-state index is 12.2. The van der Waals surface area contributed by atoms with Gasteiger partial charge in [0.1, 0.15) is 18.3 Å². The standard InChI is InChI=1S/C21H24ClN7O2/c1-5-16-11-31-21(30)29(16)20-25-13(3)24-19(27-20)23-12(2)18-10-28(14(4)26-18)17-8-6-15(22)7-9-17/h6-10,12,16H,5,11H2,1-4H3,(H,23,24,25,27)/t12-,16-/m0/s1. The van der Waals surface area contributed by atoms with Gasteiger partial charge in [-0.3, -0.25) is 0 Å². The maximum Gasteiger partial charge on any atom is 0.417 e. The van der Waals surface area contributed by atoms with Gasteiger partial charge in [0.05, 0.1) is 17.8 Å². The first-order valence-corrected chi connectivity index (χ1v) is 10.5. The molecule has 0 bridgehead atoms. The number of hydrogen-bond donors (Lipinski definition) is 1. The van der Waals surface area contributed by atoms with Crippen molar-refractivity contribution >= 4 is 29.6 Å². The third kappa shape index (κ3) is 4.32. The minimum atomic E-state index is -0.436. The van der Waals surface area contributed by atoms with E-state index in [0.717, 1.165) is 23.6 Å². The van der Waals surface area contributed by atoms with E-state index >= 15 is 0 Å². The summed E-state index contributed by atoms with van der Waals surface area (Å²) in [4.78, 5) is 31.5. The van der Waals surface area contributed by atoms with Crippen molar-refractivity contribution in [2.45, 2.75) is 46.2 Å². The molecule has 162 valence electrons. The van der Waals surface area contributed by atoms with E-state index in [9.17, 15) is 4.79 Å². The molecule has 1 saturated heterocycles. The van der Waals surface area contributed by atoms with Crippen LogP contribution in [0.4, 0.5) is 16.7 Å². The van der Waals surface area contributed by atoms with Gasteiger partial charge in [-0.25, -0.2) is 14.7 Å². The second kappa shape index (κ2) is 8.50. The Morgan fingerprint density at radius 3 is 2.65 bits per heavy atom. The van der Waals surface area contributed by atoms with Crippen LogP contribution < -0.4 is 10.2 Å². The first kappa shape index (κ1) is 21.0. The largest absolute Gasteiger partial charge is 0.447 e. The number of carbonyl (C=O) groups excluding carboxylic acids is 1. The summed E-state index contributed by atoms with van der Waals surface area (Å²) in [6, 6.07) is 7.32. The van der Waals surface area contributed by atoms with Gasteiger partial charge < -0.3 is 14.6 Å². The zero-order chi connectivity index (χ0) is 22.1. The number of nitrogens with one attached hydrogen (secondary N) is 1. The van der Waals surface area contributed by atoms with Crippen LogP contribution in [0.3, 0.4) is 0 Å². The number of hydrogen-bond acceptors (Lipinski definition) is 7. The van der Waals surface area contributed by atoms with Gasteiger partial charge in [-0.2, -0.15) is 15.0 Å². The molecule has 1 aromatic carbocycles. The number of rotatable bonds is 6. The molecule has 1 N–H and O–H groups in total. The normalized spacial score (nSPS) is 17.0. The van der Waals surface area contributed by atoms with Gasteiger partial charge in [-0.15, -0.1) is 0 Å². The van der Waals surface area contributed by atoms with E-state index in [2.05, 4.69) is 25.3 Å². The number of benzene rings is 1. The van der Waals surface area contributed by atoms with Gasteiger partial charge in [0, 0.05) is 16.9 Å². The number of ether oxygens (including phenoxy) is 1. The zero-order valence-electron chi connectivity index (χ0n) is 17.8. The van der Waals surface area contributed by atoms with E-state index in [1.165, 1.54) is 4.90 Å². The molecule has 0 unspecified atom stereocenters. The molecule has 3 heterocycles. The lowest BCUT2D eigenvalue weighted by Crippen LogP contribution is -2.34. The van der Waals surface area contributed by atoms with E-state index in [1.807, 2.05) is 55.8 Å². The van der Waals surface area contributed by atoms with Crippen molar-refractivity contribution in [2.75, 3.05) is 16.8 Å². The van der Waals surface area contributed by atoms with Crippen LogP contribution in [-0.4, -0.2) is 43.2 Å². The average Bonchev–Trinajstić information content (AvgIpc) is 3.30. The Balaban J connectivity index is 1.57. The molecule has 0 radical (unpaired) electrons. The minimum absolute atomic E-state index is 0.0858. The van der Waals surface area contributed by atoms with Crippen LogP contribution in [0.15, 0.2) is 30.5 Å². The summed E-state index contributed by atoms with van der Waals surface area (Å²) in [6.45, 7) is 8.02. The van der Waals surface area contributed by atoms with Crippen LogP contribution >= 0.6 is 11.6 Å². The van der Waals surface area contributed by atoms with Gasteiger partial charge in [-0.05, 0) is 51.5 Å². The topological polar surface area (TPSA) is 98.1 Å². The van der Waals surface area contributed by atoms with Crippen LogP contribution in [-0.2, 0) is 4.74 Å². The van der Waals surface area contributed by atoms with Gasteiger partial charge in [0.25, 0.3) is 0 Å². The summed E-state index contributed by atoms with van der Waals surface area (Å²) < 4.78 is 7.16. The molecule has 31 heavy (non-hydrogen) atoms. The minimum Gasteiger partial charge on any atom is -0.447 e. The highest BCUT2D eigenvalue weighted by atomic mass is 35.5. The van der Waals surface area contributed by atoms with Crippen molar-refractivity contribution in [2.24, 2.45) is 0 Å². The van der Waals surface area contributed by atoms with Gasteiger partial charge >= 0.3 is 6.09 Å². The summed E-state index contributed by atoms with van der Waals surface area (Å²) >= 11 is 6.00. The van der Waals surface area contributed by atoms with E-state index in [4.69, 9.17) is 16.3 Å². The summed E-state index contributed by atoms with van der Waals surface area (Å²) in [5, 5.41) is 3.96. The predicted molar refractivity (Wildman–Crippen MR) is 118 cm³/mol. The fraction of sp³-hybridized carbons (Fsp3) is 0.381. The molecule has 3 aromatic rings. The van der Waals surface area contributed by atoms with Crippen LogP contribution in [0.1, 0.15) is 43.7 Å². The molecular formula is C21H24ClN7O2. The highest BCUT2D eigenvalue weighted by Gasteiger charge is 2.35. The molecule has 2 atom stereocenters. The Labute approximate surface area is 185 Å². The van der Waals surface area contributed by atoms with Crippen LogP contribution in [0.25, 0.3) is 5.69 Å². The van der Waals surface area contributed by atoms with E-state index in [-0.39, 0.29) is 12.1 Å². The first-order valence-electron chi connectivity index (χ1n) is 10.1. The number of cyclic esters (lactones) is 1. The third-order valence-electron chi connectivity index (χ3n) is 5.18. The lowest BCUT2D eigenvalue weighted by molar-refractivity contribution is 0.178. The molecule has 10 heteroatoms.